The van der Waals surface area contributed by atoms with Crippen LogP contribution in [0.5, 0.6) is 0 Å². The molecule has 7 heteroatoms. The molecule has 20 heavy (non-hydrogen) atoms. The second kappa shape index (κ2) is 4.80. The van der Waals surface area contributed by atoms with E-state index in [4.69, 9.17) is 4.74 Å². The zero-order valence-electron chi connectivity index (χ0n) is 12.0. The third-order valence-corrected chi connectivity index (χ3v) is 5.05. The number of likely N-dealkylation sites (tertiary alicyclic amines) is 1. The van der Waals surface area contributed by atoms with Crippen molar-refractivity contribution in [2.24, 2.45) is 5.41 Å². The van der Waals surface area contributed by atoms with Crippen molar-refractivity contribution < 1.29 is 24.5 Å². The SMILES string of the molecule is CC(C)(C)OC(=O)N1CC(C(=O)O)(C2(O)CCSC2)C1. The van der Waals surface area contributed by atoms with Gasteiger partial charge in [0.25, 0.3) is 0 Å². The molecule has 0 aromatic rings. The number of carbonyl (C=O) groups excluding carboxylic acids is 1. The van der Waals surface area contributed by atoms with Gasteiger partial charge in [0.1, 0.15) is 11.0 Å². The second-order valence-electron chi connectivity index (χ2n) is 6.56. The number of carbonyl (C=O) groups is 2. The molecule has 0 spiro atoms. The average Bonchev–Trinajstić information content (AvgIpc) is 2.60. The van der Waals surface area contributed by atoms with Crippen LogP contribution in [0.25, 0.3) is 0 Å². The molecule has 2 rings (SSSR count). The minimum atomic E-state index is -1.26. The minimum absolute atomic E-state index is 0.00824. The first kappa shape index (κ1) is 15.4. The molecule has 2 aliphatic heterocycles. The maximum Gasteiger partial charge on any atom is 0.410 e. The standard InChI is InChI=1S/C13H21NO5S/c1-11(2,3)19-10(17)14-6-12(7-14,9(15)16)13(18)4-5-20-8-13/h18H,4-8H2,1-3H3,(H,15,16). The van der Waals surface area contributed by atoms with Gasteiger partial charge in [-0.2, -0.15) is 11.8 Å². The zero-order chi connectivity index (χ0) is 15.2. The van der Waals surface area contributed by atoms with Crippen LogP contribution >= 0.6 is 11.8 Å². The Bertz CT molecular complexity index is 419. The molecule has 0 aromatic carbocycles. The Morgan fingerprint density at radius 3 is 2.30 bits per heavy atom. The molecule has 2 fully saturated rings. The van der Waals surface area contributed by atoms with Gasteiger partial charge in [0.15, 0.2) is 0 Å². The summed E-state index contributed by atoms with van der Waals surface area (Å²) in [5.74, 6) is 0.113. The van der Waals surface area contributed by atoms with Gasteiger partial charge >= 0.3 is 12.1 Å². The van der Waals surface area contributed by atoms with E-state index in [1.54, 1.807) is 32.5 Å². The predicted octanol–water partition coefficient (Wildman–Crippen LogP) is 1.18. The Morgan fingerprint density at radius 2 is 1.90 bits per heavy atom. The van der Waals surface area contributed by atoms with Gasteiger partial charge < -0.3 is 19.8 Å². The normalized spacial score (nSPS) is 28.9. The van der Waals surface area contributed by atoms with Gasteiger partial charge in [-0.05, 0) is 32.9 Å². The minimum Gasteiger partial charge on any atom is -0.481 e. The van der Waals surface area contributed by atoms with E-state index >= 15 is 0 Å². The lowest BCUT2D eigenvalue weighted by molar-refractivity contribution is -0.189. The van der Waals surface area contributed by atoms with Gasteiger partial charge in [0, 0.05) is 18.8 Å². The van der Waals surface area contributed by atoms with Crippen LogP contribution < -0.4 is 0 Å². The molecule has 0 aromatic heterocycles. The Kier molecular flexibility index (Phi) is 3.71. The van der Waals surface area contributed by atoms with Gasteiger partial charge in [-0.3, -0.25) is 4.79 Å². The van der Waals surface area contributed by atoms with Crippen LogP contribution in [-0.4, -0.2) is 63.0 Å². The molecule has 1 atom stereocenters. The fourth-order valence-electron chi connectivity index (χ4n) is 2.62. The van der Waals surface area contributed by atoms with E-state index in [1.807, 2.05) is 0 Å². The van der Waals surface area contributed by atoms with Crippen LogP contribution in [0.15, 0.2) is 0 Å². The van der Waals surface area contributed by atoms with Crippen molar-refractivity contribution in [3.63, 3.8) is 0 Å². The lowest BCUT2D eigenvalue weighted by Gasteiger charge is -2.53. The summed E-state index contributed by atoms with van der Waals surface area (Å²) in [6.45, 7) is 5.30. The van der Waals surface area contributed by atoms with Crippen LogP contribution in [0.2, 0.25) is 0 Å². The zero-order valence-corrected chi connectivity index (χ0v) is 12.8. The molecule has 2 aliphatic rings. The van der Waals surface area contributed by atoms with Gasteiger partial charge in [-0.25, -0.2) is 4.79 Å². The van der Waals surface area contributed by atoms with Gasteiger partial charge in [0.05, 0.1) is 5.60 Å². The molecular weight excluding hydrogens is 282 g/mol. The monoisotopic (exact) mass is 303 g/mol. The summed E-state index contributed by atoms with van der Waals surface area (Å²) in [7, 11) is 0. The van der Waals surface area contributed by atoms with Crippen molar-refractivity contribution in [3.8, 4) is 0 Å². The molecule has 0 radical (unpaired) electrons. The largest absolute Gasteiger partial charge is 0.481 e. The maximum atomic E-state index is 11.9. The first-order valence-corrected chi connectivity index (χ1v) is 7.77. The van der Waals surface area contributed by atoms with E-state index in [0.29, 0.717) is 12.2 Å². The molecule has 1 unspecified atom stereocenters. The number of hydrogen-bond donors (Lipinski definition) is 2. The third kappa shape index (κ3) is 2.48. The number of carboxylic acid groups (broad SMARTS) is 1. The summed E-state index contributed by atoms with van der Waals surface area (Å²) in [6.07, 6.45) is -0.0739. The number of nitrogens with zero attached hydrogens (tertiary/aromatic N) is 1. The highest BCUT2D eigenvalue weighted by molar-refractivity contribution is 7.99. The number of hydrogen-bond acceptors (Lipinski definition) is 5. The molecule has 0 saturated carbocycles. The second-order valence-corrected chi connectivity index (χ2v) is 7.66. The Morgan fingerprint density at radius 1 is 1.30 bits per heavy atom. The number of thioether (sulfide) groups is 1. The summed E-state index contributed by atoms with van der Waals surface area (Å²) in [4.78, 5) is 24.8. The lowest BCUT2D eigenvalue weighted by atomic mass is 9.66. The van der Waals surface area contributed by atoms with Crippen LogP contribution in [-0.2, 0) is 9.53 Å². The van der Waals surface area contributed by atoms with Gasteiger partial charge in [-0.1, -0.05) is 0 Å². The van der Waals surface area contributed by atoms with E-state index < -0.39 is 28.7 Å². The topological polar surface area (TPSA) is 87.1 Å². The number of aliphatic carboxylic acids is 1. The first-order valence-electron chi connectivity index (χ1n) is 6.61. The molecule has 2 saturated heterocycles. The number of carboxylic acids is 1. The smallest absolute Gasteiger partial charge is 0.410 e. The van der Waals surface area contributed by atoms with Crippen molar-refractivity contribution in [2.45, 2.75) is 38.4 Å². The molecule has 6 nitrogen and oxygen atoms in total. The highest BCUT2D eigenvalue weighted by atomic mass is 32.2. The Labute approximate surface area is 122 Å². The first-order chi connectivity index (χ1) is 9.10. The predicted molar refractivity (Wildman–Crippen MR) is 74.8 cm³/mol. The van der Waals surface area contributed by atoms with Crippen molar-refractivity contribution in [1.29, 1.82) is 0 Å². The highest BCUT2D eigenvalue weighted by Crippen LogP contribution is 2.48. The maximum absolute atomic E-state index is 11.9. The Hall–Kier alpha value is -0.950. The van der Waals surface area contributed by atoms with Gasteiger partial charge in [-0.15, -0.1) is 0 Å². The van der Waals surface area contributed by atoms with Crippen LogP contribution in [0, 0.1) is 5.41 Å². The number of ether oxygens (including phenoxy) is 1. The van der Waals surface area contributed by atoms with E-state index in [0.717, 1.165) is 5.75 Å². The van der Waals surface area contributed by atoms with Crippen molar-refractivity contribution in [1.82, 2.24) is 4.90 Å². The van der Waals surface area contributed by atoms with E-state index in [2.05, 4.69) is 0 Å². The van der Waals surface area contributed by atoms with Gasteiger partial charge in [0.2, 0.25) is 0 Å². The van der Waals surface area contributed by atoms with Crippen molar-refractivity contribution >= 4 is 23.8 Å². The van der Waals surface area contributed by atoms with E-state index in [1.165, 1.54) is 4.90 Å². The molecule has 0 aliphatic carbocycles. The fourth-order valence-corrected chi connectivity index (χ4v) is 4.01. The number of rotatable bonds is 2. The fraction of sp³-hybridized carbons (Fsp3) is 0.846. The number of amides is 1. The molecule has 2 heterocycles. The highest BCUT2D eigenvalue weighted by Gasteiger charge is 2.65. The lowest BCUT2D eigenvalue weighted by Crippen LogP contribution is -2.72. The van der Waals surface area contributed by atoms with Crippen LogP contribution in [0.3, 0.4) is 0 Å². The summed E-state index contributed by atoms with van der Waals surface area (Å²) in [5.41, 5.74) is -3.10. The van der Waals surface area contributed by atoms with E-state index in [9.17, 15) is 19.8 Å². The van der Waals surface area contributed by atoms with Crippen molar-refractivity contribution in [3.05, 3.63) is 0 Å². The average molecular weight is 303 g/mol. The Balaban J connectivity index is 2.07. The molecule has 2 N–H and O–H groups in total. The van der Waals surface area contributed by atoms with Crippen LogP contribution in [0.1, 0.15) is 27.2 Å². The summed E-state index contributed by atoms with van der Waals surface area (Å²) < 4.78 is 5.22. The summed E-state index contributed by atoms with van der Waals surface area (Å²) in [6, 6.07) is 0. The molecule has 1 amide bonds. The van der Waals surface area contributed by atoms with Crippen molar-refractivity contribution in [2.75, 3.05) is 24.6 Å². The number of aliphatic hydroxyl groups is 1. The summed E-state index contributed by atoms with van der Waals surface area (Å²) in [5, 5.41) is 20.1. The third-order valence-electron chi connectivity index (χ3n) is 3.87. The molecule has 0 bridgehead atoms. The van der Waals surface area contributed by atoms with E-state index in [-0.39, 0.29) is 13.1 Å². The molecule has 114 valence electrons. The molecular formula is C13H21NO5S. The van der Waals surface area contributed by atoms with Crippen LogP contribution in [0.4, 0.5) is 4.79 Å². The quantitative estimate of drug-likeness (QED) is 0.796. The summed E-state index contributed by atoms with van der Waals surface area (Å²) >= 11 is 1.55.